The third kappa shape index (κ3) is 2.87. The SMILES string of the molecule is C=Cc1cc2ccccc2c(-c2cccc3c2CCO3)c1C=C.CC. The predicted octanol–water partition coefficient (Wildman–Crippen LogP) is 6.75. The van der Waals surface area contributed by atoms with Crippen molar-refractivity contribution in [3.05, 3.63) is 78.4 Å². The molecule has 0 amide bonds. The Morgan fingerprint density at radius 3 is 2.52 bits per heavy atom. The van der Waals surface area contributed by atoms with E-state index >= 15 is 0 Å². The third-order valence-corrected chi connectivity index (χ3v) is 4.56. The zero-order valence-corrected chi connectivity index (χ0v) is 15.0. The third-order valence-electron chi connectivity index (χ3n) is 4.56. The predicted molar refractivity (Wildman–Crippen MR) is 110 cm³/mol. The van der Waals surface area contributed by atoms with Crippen molar-refractivity contribution in [3.8, 4) is 16.9 Å². The van der Waals surface area contributed by atoms with Crippen LogP contribution in [0.4, 0.5) is 0 Å². The first-order chi connectivity index (χ1) is 12.3. The molecule has 3 aromatic rings. The molecule has 0 aromatic heterocycles. The molecule has 1 heteroatoms. The molecule has 4 rings (SSSR count). The summed E-state index contributed by atoms with van der Waals surface area (Å²) in [6.45, 7) is 12.8. The first-order valence-electron chi connectivity index (χ1n) is 8.89. The Morgan fingerprint density at radius 2 is 1.76 bits per heavy atom. The molecule has 0 aliphatic carbocycles. The molecule has 0 bridgehead atoms. The van der Waals surface area contributed by atoms with Crippen LogP contribution in [-0.4, -0.2) is 6.61 Å². The summed E-state index contributed by atoms with van der Waals surface area (Å²) in [5.74, 6) is 1.01. The first kappa shape index (κ1) is 17.0. The summed E-state index contributed by atoms with van der Waals surface area (Å²) < 4.78 is 5.76. The van der Waals surface area contributed by atoms with Crippen LogP contribution in [0.25, 0.3) is 34.1 Å². The summed E-state index contributed by atoms with van der Waals surface area (Å²) in [7, 11) is 0. The van der Waals surface area contributed by atoms with E-state index in [-0.39, 0.29) is 0 Å². The highest BCUT2D eigenvalue weighted by atomic mass is 16.5. The zero-order valence-electron chi connectivity index (χ0n) is 15.0. The van der Waals surface area contributed by atoms with Crippen molar-refractivity contribution < 1.29 is 4.74 Å². The van der Waals surface area contributed by atoms with Crippen LogP contribution in [0.15, 0.2) is 61.7 Å². The highest BCUT2D eigenvalue weighted by Crippen LogP contribution is 2.41. The Kier molecular flexibility index (Phi) is 5.04. The monoisotopic (exact) mass is 328 g/mol. The summed E-state index contributed by atoms with van der Waals surface area (Å²) in [4.78, 5) is 0. The Labute approximate surface area is 150 Å². The van der Waals surface area contributed by atoms with E-state index in [0.717, 1.165) is 29.9 Å². The van der Waals surface area contributed by atoms with Crippen LogP contribution in [0, 0.1) is 0 Å². The van der Waals surface area contributed by atoms with Crippen molar-refractivity contribution in [1.82, 2.24) is 0 Å². The molecular formula is C24H24O. The molecule has 0 saturated carbocycles. The molecule has 0 N–H and O–H groups in total. The van der Waals surface area contributed by atoms with Gasteiger partial charge in [-0.3, -0.25) is 0 Å². The molecule has 1 aliphatic rings. The van der Waals surface area contributed by atoms with Crippen molar-refractivity contribution in [3.63, 3.8) is 0 Å². The molecule has 0 spiro atoms. The largest absolute Gasteiger partial charge is 0.493 e. The maximum Gasteiger partial charge on any atom is 0.123 e. The van der Waals surface area contributed by atoms with Gasteiger partial charge in [-0.05, 0) is 45.2 Å². The Hall–Kier alpha value is -2.80. The van der Waals surface area contributed by atoms with Gasteiger partial charge in [0.1, 0.15) is 5.75 Å². The number of hydrogen-bond acceptors (Lipinski definition) is 1. The average Bonchev–Trinajstić information content (AvgIpc) is 3.17. The van der Waals surface area contributed by atoms with Crippen LogP contribution >= 0.6 is 0 Å². The van der Waals surface area contributed by atoms with Crippen molar-refractivity contribution in [1.29, 1.82) is 0 Å². The minimum absolute atomic E-state index is 0.759. The molecule has 126 valence electrons. The Bertz CT molecular complexity index is 934. The van der Waals surface area contributed by atoms with E-state index in [0.29, 0.717) is 0 Å². The van der Waals surface area contributed by atoms with Gasteiger partial charge in [-0.25, -0.2) is 0 Å². The molecule has 3 aromatic carbocycles. The van der Waals surface area contributed by atoms with Crippen LogP contribution in [-0.2, 0) is 6.42 Å². The molecular weight excluding hydrogens is 304 g/mol. The van der Waals surface area contributed by atoms with Crippen LogP contribution in [0.1, 0.15) is 30.5 Å². The number of benzene rings is 3. The van der Waals surface area contributed by atoms with Crippen LogP contribution in [0.3, 0.4) is 0 Å². The van der Waals surface area contributed by atoms with Gasteiger partial charge < -0.3 is 4.74 Å². The van der Waals surface area contributed by atoms with E-state index in [1.165, 1.54) is 27.5 Å². The second kappa shape index (κ2) is 7.40. The van der Waals surface area contributed by atoms with Gasteiger partial charge in [0.25, 0.3) is 0 Å². The van der Waals surface area contributed by atoms with Crippen molar-refractivity contribution in [2.45, 2.75) is 20.3 Å². The maximum atomic E-state index is 5.76. The lowest BCUT2D eigenvalue weighted by Crippen LogP contribution is -1.94. The molecule has 0 unspecified atom stereocenters. The van der Waals surface area contributed by atoms with Crippen LogP contribution in [0.2, 0.25) is 0 Å². The van der Waals surface area contributed by atoms with Crippen LogP contribution < -0.4 is 4.74 Å². The number of hydrogen-bond donors (Lipinski definition) is 0. The Morgan fingerprint density at radius 1 is 0.960 bits per heavy atom. The summed E-state index contributed by atoms with van der Waals surface area (Å²) in [6.07, 6.45) is 4.80. The number of fused-ring (bicyclic) bond motifs is 2. The molecule has 0 radical (unpaired) electrons. The molecule has 0 saturated heterocycles. The topological polar surface area (TPSA) is 9.23 Å². The summed E-state index contributed by atoms with van der Waals surface area (Å²) in [5.41, 5.74) is 6.02. The summed E-state index contributed by atoms with van der Waals surface area (Å²) in [6, 6.07) is 17.0. The van der Waals surface area contributed by atoms with Gasteiger partial charge in [0.2, 0.25) is 0 Å². The van der Waals surface area contributed by atoms with Gasteiger partial charge in [-0.2, -0.15) is 0 Å². The maximum absolute atomic E-state index is 5.76. The van der Waals surface area contributed by atoms with Gasteiger partial charge in [0, 0.05) is 12.0 Å². The van der Waals surface area contributed by atoms with Gasteiger partial charge in [-0.1, -0.05) is 75.6 Å². The fraction of sp³-hybridized carbons (Fsp3) is 0.167. The summed E-state index contributed by atoms with van der Waals surface area (Å²) >= 11 is 0. The molecule has 25 heavy (non-hydrogen) atoms. The number of rotatable bonds is 3. The van der Waals surface area contributed by atoms with Crippen molar-refractivity contribution >= 4 is 22.9 Å². The van der Waals surface area contributed by atoms with Gasteiger partial charge in [0.05, 0.1) is 6.61 Å². The molecule has 1 aliphatic heterocycles. The Balaban J connectivity index is 0.000000880. The lowest BCUT2D eigenvalue weighted by atomic mass is 9.87. The van der Waals surface area contributed by atoms with E-state index < -0.39 is 0 Å². The normalized spacial score (nSPS) is 11.9. The first-order valence-corrected chi connectivity index (χ1v) is 8.89. The fourth-order valence-electron chi connectivity index (χ4n) is 3.52. The van der Waals surface area contributed by atoms with Crippen molar-refractivity contribution in [2.24, 2.45) is 0 Å². The highest BCUT2D eigenvalue weighted by molar-refractivity contribution is 6.04. The minimum atomic E-state index is 0.759. The minimum Gasteiger partial charge on any atom is -0.493 e. The van der Waals surface area contributed by atoms with Crippen molar-refractivity contribution in [2.75, 3.05) is 6.61 Å². The average molecular weight is 328 g/mol. The quantitative estimate of drug-likeness (QED) is 0.516. The standard InChI is InChI=1S/C22H18O.C2H6/c1-3-15-14-16-8-5-6-9-18(16)22(17(15)4-2)20-10-7-11-21-19(20)12-13-23-21;1-2/h3-11,14H,1-2,12-13H2;1-2H3. The molecule has 1 nitrogen and oxygen atoms in total. The smallest absolute Gasteiger partial charge is 0.123 e. The van der Waals surface area contributed by atoms with Gasteiger partial charge in [-0.15, -0.1) is 0 Å². The van der Waals surface area contributed by atoms with Gasteiger partial charge >= 0.3 is 0 Å². The molecule has 1 heterocycles. The lowest BCUT2D eigenvalue weighted by molar-refractivity contribution is 0.357. The zero-order chi connectivity index (χ0) is 17.8. The second-order valence-electron chi connectivity index (χ2n) is 5.76. The van der Waals surface area contributed by atoms with E-state index in [2.05, 4.69) is 61.7 Å². The van der Waals surface area contributed by atoms with E-state index in [9.17, 15) is 0 Å². The van der Waals surface area contributed by atoms with Gasteiger partial charge in [0.15, 0.2) is 0 Å². The van der Waals surface area contributed by atoms with Crippen LogP contribution in [0.5, 0.6) is 5.75 Å². The van der Waals surface area contributed by atoms with E-state index in [4.69, 9.17) is 4.74 Å². The molecule has 0 atom stereocenters. The highest BCUT2D eigenvalue weighted by Gasteiger charge is 2.20. The summed E-state index contributed by atoms with van der Waals surface area (Å²) in [5, 5.41) is 2.47. The fourth-order valence-corrected chi connectivity index (χ4v) is 3.52. The second-order valence-corrected chi connectivity index (χ2v) is 5.76. The lowest BCUT2D eigenvalue weighted by Gasteiger charge is -2.16. The molecule has 0 fully saturated rings. The van der Waals surface area contributed by atoms with E-state index in [1.807, 2.05) is 26.0 Å². The van der Waals surface area contributed by atoms with E-state index in [1.54, 1.807) is 0 Å². The number of ether oxygens (including phenoxy) is 1.